The zero-order valence-electron chi connectivity index (χ0n) is 18.5. The van der Waals surface area contributed by atoms with Gasteiger partial charge in [-0.15, -0.1) is 0 Å². The fourth-order valence-corrected chi connectivity index (χ4v) is 2.96. The van der Waals surface area contributed by atoms with Gasteiger partial charge in [0.1, 0.15) is 5.60 Å². The van der Waals surface area contributed by atoms with Crippen molar-refractivity contribution in [1.82, 2.24) is 15.5 Å². The Bertz CT molecular complexity index is 662. The minimum atomic E-state index is -0.491. The van der Waals surface area contributed by atoms with Crippen molar-refractivity contribution in [2.24, 2.45) is 4.99 Å². The number of amides is 1. The zero-order chi connectivity index (χ0) is 21.3. The molecule has 1 saturated heterocycles. The second-order valence-electron chi connectivity index (χ2n) is 8.36. The molecular formula is C22H36N4O3. The summed E-state index contributed by atoms with van der Waals surface area (Å²) < 4.78 is 11.0. The second kappa shape index (κ2) is 11.0. The number of hydrogen-bond acceptors (Lipinski definition) is 4. The molecule has 0 saturated carbocycles. The molecule has 1 aliphatic heterocycles. The van der Waals surface area contributed by atoms with Crippen LogP contribution >= 0.6 is 0 Å². The molecule has 7 heteroatoms. The summed E-state index contributed by atoms with van der Waals surface area (Å²) in [6.07, 6.45) is 2.19. The molecule has 1 heterocycles. The van der Waals surface area contributed by atoms with Crippen molar-refractivity contribution < 1.29 is 14.3 Å². The Hall–Kier alpha value is -2.28. The molecule has 1 aromatic rings. The first kappa shape index (κ1) is 23.0. The van der Waals surface area contributed by atoms with Crippen LogP contribution in [-0.2, 0) is 22.6 Å². The summed E-state index contributed by atoms with van der Waals surface area (Å²) in [6, 6.07) is 8.15. The first-order chi connectivity index (χ1) is 13.8. The highest BCUT2D eigenvalue weighted by atomic mass is 16.6. The molecule has 2 rings (SSSR count). The van der Waals surface area contributed by atoms with Crippen molar-refractivity contribution in [2.45, 2.75) is 65.3 Å². The molecule has 0 spiro atoms. The highest BCUT2D eigenvalue weighted by Gasteiger charge is 2.19. The van der Waals surface area contributed by atoms with Crippen LogP contribution in [0.15, 0.2) is 29.3 Å². The van der Waals surface area contributed by atoms with Crippen molar-refractivity contribution in [3.8, 4) is 0 Å². The summed E-state index contributed by atoms with van der Waals surface area (Å²) in [7, 11) is 1.74. The molecule has 0 radical (unpaired) electrons. The molecule has 0 aliphatic carbocycles. The average molecular weight is 405 g/mol. The molecule has 1 amide bonds. The Balaban J connectivity index is 1.85. The lowest BCUT2D eigenvalue weighted by Gasteiger charge is -2.24. The van der Waals surface area contributed by atoms with Gasteiger partial charge in [0.05, 0.1) is 12.6 Å². The van der Waals surface area contributed by atoms with Crippen LogP contribution in [0.1, 0.15) is 51.7 Å². The summed E-state index contributed by atoms with van der Waals surface area (Å²) in [4.78, 5) is 18.3. The predicted octanol–water partition coefficient (Wildman–Crippen LogP) is 3.29. The molecule has 1 aliphatic rings. The molecule has 1 atom stereocenters. The van der Waals surface area contributed by atoms with Crippen LogP contribution in [0, 0.1) is 0 Å². The molecule has 0 aromatic heterocycles. The largest absolute Gasteiger partial charge is 0.444 e. The normalized spacial score (nSPS) is 17.1. The predicted molar refractivity (Wildman–Crippen MR) is 116 cm³/mol. The van der Waals surface area contributed by atoms with Crippen molar-refractivity contribution in [2.75, 3.05) is 26.7 Å². The van der Waals surface area contributed by atoms with Gasteiger partial charge in [0.2, 0.25) is 0 Å². The third kappa shape index (κ3) is 8.73. The number of hydrogen-bond donors (Lipinski definition) is 2. The summed E-state index contributed by atoms with van der Waals surface area (Å²) in [5.74, 6) is 0.803. The van der Waals surface area contributed by atoms with Gasteiger partial charge < -0.3 is 25.0 Å². The number of carbonyl (C=O) groups excluding carboxylic acids is 1. The van der Waals surface area contributed by atoms with E-state index in [9.17, 15) is 4.79 Å². The van der Waals surface area contributed by atoms with Crippen molar-refractivity contribution in [3.63, 3.8) is 0 Å². The minimum absolute atomic E-state index is 0.278. The van der Waals surface area contributed by atoms with Crippen molar-refractivity contribution >= 4 is 12.1 Å². The van der Waals surface area contributed by atoms with Crippen LogP contribution in [0.25, 0.3) is 0 Å². The van der Waals surface area contributed by atoms with E-state index in [-0.39, 0.29) is 12.2 Å². The SMILES string of the molecule is CCNC(=NCc1ccc(CN(C)C(=O)OC(C)(C)C)cc1)NCC1CCCO1. The summed E-state index contributed by atoms with van der Waals surface area (Å²) in [5.41, 5.74) is 1.67. The Labute approximate surface area is 174 Å². The third-order valence-corrected chi connectivity index (χ3v) is 4.43. The van der Waals surface area contributed by atoms with E-state index in [2.05, 4.69) is 22.5 Å². The van der Waals surface area contributed by atoms with Gasteiger partial charge in [-0.05, 0) is 51.7 Å². The maximum absolute atomic E-state index is 12.1. The topological polar surface area (TPSA) is 75.2 Å². The van der Waals surface area contributed by atoms with Gasteiger partial charge in [-0.25, -0.2) is 9.79 Å². The molecule has 2 N–H and O–H groups in total. The number of benzene rings is 1. The first-order valence-electron chi connectivity index (χ1n) is 10.4. The number of carbonyl (C=O) groups is 1. The van der Waals surface area contributed by atoms with Crippen LogP contribution in [0.3, 0.4) is 0 Å². The van der Waals surface area contributed by atoms with E-state index < -0.39 is 5.60 Å². The lowest BCUT2D eigenvalue weighted by molar-refractivity contribution is 0.0285. The smallest absolute Gasteiger partial charge is 0.410 e. The number of guanidine groups is 1. The third-order valence-electron chi connectivity index (χ3n) is 4.43. The molecular weight excluding hydrogens is 368 g/mol. The summed E-state index contributed by atoms with van der Waals surface area (Å²) >= 11 is 0. The molecule has 29 heavy (non-hydrogen) atoms. The monoisotopic (exact) mass is 404 g/mol. The van der Waals surface area contributed by atoms with E-state index in [1.807, 2.05) is 45.0 Å². The Morgan fingerprint density at radius 2 is 1.93 bits per heavy atom. The van der Waals surface area contributed by atoms with Crippen molar-refractivity contribution in [1.29, 1.82) is 0 Å². The van der Waals surface area contributed by atoms with E-state index in [1.165, 1.54) is 0 Å². The van der Waals surface area contributed by atoms with E-state index in [0.717, 1.165) is 49.6 Å². The van der Waals surface area contributed by atoms with E-state index in [0.29, 0.717) is 13.1 Å². The molecule has 7 nitrogen and oxygen atoms in total. The Morgan fingerprint density at radius 3 is 2.52 bits per heavy atom. The number of nitrogens with one attached hydrogen (secondary N) is 2. The molecule has 1 fully saturated rings. The maximum Gasteiger partial charge on any atom is 0.410 e. The lowest BCUT2D eigenvalue weighted by atomic mass is 10.1. The molecule has 1 unspecified atom stereocenters. The van der Waals surface area contributed by atoms with Gasteiger partial charge in [0.25, 0.3) is 0 Å². The highest BCUT2D eigenvalue weighted by molar-refractivity contribution is 5.79. The van der Waals surface area contributed by atoms with Gasteiger partial charge >= 0.3 is 6.09 Å². The maximum atomic E-state index is 12.1. The molecule has 0 bridgehead atoms. The van der Waals surface area contributed by atoms with Crippen LogP contribution in [0.4, 0.5) is 4.79 Å². The Morgan fingerprint density at radius 1 is 1.24 bits per heavy atom. The number of aliphatic imine (C=N–C) groups is 1. The fourth-order valence-electron chi connectivity index (χ4n) is 2.96. The highest BCUT2D eigenvalue weighted by Crippen LogP contribution is 2.13. The van der Waals surface area contributed by atoms with Crippen LogP contribution in [0.5, 0.6) is 0 Å². The van der Waals surface area contributed by atoms with Gasteiger partial charge in [-0.3, -0.25) is 0 Å². The fraction of sp³-hybridized carbons (Fsp3) is 0.636. The standard InChI is InChI=1S/C22H36N4O3/c1-6-23-20(25-15-19-8-7-13-28-19)24-14-17-9-11-18(12-10-17)16-26(5)21(27)29-22(2,3)4/h9-12,19H,6-8,13-16H2,1-5H3,(H2,23,24,25). The molecule has 162 valence electrons. The number of nitrogens with zero attached hydrogens (tertiary/aromatic N) is 2. The number of ether oxygens (including phenoxy) is 2. The average Bonchev–Trinajstić information content (AvgIpc) is 3.17. The van der Waals surface area contributed by atoms with Gasteiger partial charge in [-0.1, -0.05) is 24.3 Å². The van der Waals surface area contributed by atoms with Crippen molar-refractivity contribution in [3.05, 3.63) is 35.4 Å². The van der Waals surface area contributed by atoms with Crippen LogP contribution in [0.2, 0.25) is 0 Å². The molecule has 1 aromatic carbocycles. The van der Waals surface area contributed by atoms with Crippen LogP contribution < -0.4 is 10.6 Å². The Kier molecular flexibility index (Phi) is 8.76. The van der Waals surface area contributed by atoms with E-state index >= 15 is 0 Å². The van der Waals surface area contributed by atoms with Gasteiger partial charge in [-0.2, -0.15) is 0 Å². The quantitative estimate of drug-likeness (QED) is 0.539. The summed E-state index contributed by atoms with van der Waals surface area (Å²) in [6.45, 7) is 11.2. The zero-order valence-corrected chi connectivity index (χ0v) is 18.5. The number of rotatable bonds is 7. The first-order valence-corrected chi connectivity index (χ1v) is 10.4. The van der Waals surface area contributed by atoms with Crippen LogP contribution in [-0.4, -0.2) is 55.4 Å². The van der Waals surface area contributed by atoms with E-state index in [4.69, 9.17) is 9.47 Å². The minimum Gasteiger partial charge on any atom is -0.444 e. The van der Waals surface area contributed by atoms with E-state index in [1.54, 1.807) is 11.9 Å². The van der Waals surface area contributed by atoms with Gasteiger partial charge in [0.15, 0.2) is 5.96 Å². The van der Waals surface area contributed by atoms with Gasteiger partial charge in [0, 0.05) is 33.3 Å². The lowest BCUT2D eigenvalue weighted by Crippen LogP contribution is -2.41. The second-order valence-corrected chi connectivity index (χ2v) is 8.36. The summed E-state index contributed by atoms with van der Waals surface area (Å²) in [5, 5.41) is 6.63.